The Labute approximate surface area is 169 Å². The second kappa shape index (κ2) is 8.53. The Bertz CT molecular complexity index is 1320. The van der Waals surface area contributed by atoms with E-state index in [1.807, 2.05) is 47.8 Å². The number of hydrogen-bond donors (Lipinski definition) is 2. The molecule has 3 aromatic heterocycles. The molecular formula is C22H17N3O3S. The molecule has 1 aromatic carbocycles. The van der Waals surface area contributed by atoms with Gasteiger partial charge in [0.15, 0.2) is 0 Å². The van der Waals surface area contributed by atoms with Crippen LogP contribution >= 0.6 is 11.3 Å². The van der Waals surface area contributed by atoms with Crippen LogP contribution in [0.5, 0.6) is 5.75 Å². The fraction of sp³-hybridized carbons (Fsp3) is 0.0455. The van der Waals surface area contributed by atoms with Crippen molar-refractivity contribution in [3.8, 4) is 5.75 Å². The van der Waals surface area contributed by atoms with E-state index in [0.717, 1.165) is 10.4 Å². The highest BCUT2D eigenvalue weighted by atomic mass is 32.1. The minimum Gasteiger partial charge on any atom is -0.487 e. The summed E-state index contributed by atoms with van der Waals surface area (Å²) >= 11 is 1.48. The molecule has 0 saturated carbocycles. The van der Waals surface area contributed by atoms with E-state index in [-0.39, 0.29) is 16.3 Å². The molecule has 0 aliphatic heterocycles. The molecule has 0 bridgehead atoms. The first-order chi connectivity index (χ1) is 14.2. The smallest absolute Gasteiger partial charge is 0.272 e. The molecular weight excluding hydrogens is 386 g/mol. The molecule has 0 atom stereocenters. The topological polar surface area (TPSA) is 87.8 Å². The van der Waals surface area contributed by atoms with Crippen molar-refractivity contribution in [1.29, 1.82) is 0 Å². The fourth-order valence-corrected chi connectivity index (χ4v) is 3.32. The van der Waals surface area contributed by atoms with Crippen LogP contribution in [-0.2, 0) is 6.61 Å². The molecule has 4 aromatic rings. The lowest BCUT2D eigenvalue weighted by molar-refractivity contribution is 0.305. The molecule has 3 heterocycles. The van der Waals surface area contributed by atoms with Gasteiger partial charge in [-0.3, -0.25) is 14.6 Å². The maximum absolute atomic E-state index is 12.3. The number of ether oxygens (including phenoxy) is 1. The summed E-state index contributed by atoms with van der Waals surface area (Å²) in [5.41, 5.74) is 0.838. The van der Waals surface area contributed by atoms with Crippen molar-refractivity contribution in [1.82, 2.24) is 15.0 Å². The average molecular weight is 403 g/mol. The van der Waals surface area contributed by atoms with E-state index in [1.54, 1.807) is 24.4 Å². The first-order valence-electron chi connectivity index (χ1n) is 8.90. The zero-order valence-electron chi connectivity index (χ0n) is 15.3. The van der Waals surface area contributed by atoms with E-state index < -0.39 is 5.56 Å². The van der Waals surface area contributed by atoms with Crippen molar-refractivity contribution < 1.29 is 4.74 Å². The maximum atomic E-state index is 12.3. The lowest BCUT2D eigenvalue weighted by Crippen LogP contribution is -2.46. The quantitative estimate of drug-likeness (QED) is 0.532. The molecule has 0 amide bonds. The summed E-state index contributed by atoms with van der Waals surface area (Å²) in [5, 5.41) is 2.26. The zero-order chi connectivity index (χ0) is 20.1. The molecule has 0 unspecified atom stereocenters. The molecule has 0 radical (unpaired) electrons. The molecule has 29 heavy (non-hydrogen) atoms. The summed E-state index contributed by atoms with van der Waals surface area (Å²) < 4.78 is 5.70. The molecule has 6 nitrogen and oxygen atoms in total. The van der Waals surface area contributed by atoms with Crippen LogP contribution in [0.1, 0.15) is 16.1 Å². The summed E-state index contributed by atoms with van der Waals surface area (Å²) in [4.78, 5) is 35.0. The highest BCUT2D eigenvalue weighted by molar-refractivity contribution is 7.10. The number of pyridine rings is 1. The van der Waals surface area contributed by atoms with Gasteiger partial charge in [-0.05, 0) is 41.3 Å². The van der Waals surface area contributed by atoms with Gasteiger partial charge in [0.2, 0.25) is 0 Å². The fourth-order valence-electron chi connectivity index (χ4n) is 2.66. The number of rotatable bonds is 5. The first kappa shape index (κ1) is 18.6. The Balaban J connectivity index is 1.55. The van der Waals surface area contributed by atoms with Gasteiger partial charge in [0.05, 0.1) is 11.9 Å². The maximum Gasteiger partial charge on any atom is 0.272 e. The van der Waals surface area contributed by atoms with Crippen LogP contribution in [0.4, 0.5) is 0 Å². The number of aromatic amines is 2. The van der Waals surface area contributed by atoms with E-state index in [2.05, 4.69) is 15.0 Å². The highest BCUT2D eigenvalue weighted by Gasteiger charge is 2.00. The van der Waals surface area contributed by atoms with Crippen LogP contribution < -0.4 is 26.6 Å². The molecule has 0 aliphatic rings. The Morgan fingerprint density at radius 3 is 2.31 bits per heavy atom. The monoisotopic (exact) mass is 403 g/mol. The Morgan fingerprint density at radius 2 is 1.66 bits per heavy atom. The summed E-state index contributed by atoms with van der Waals surface area (Å²) in [6, 6.07) is 17.1. The molecule has 4 rings (SSSR count). The molecule has 0 saturated heterocycles. The number of nitrogens with one attached hydrogen (secondary N) is 2. The Hall–Kier alpha value is -3.71. The summed E-state index contributed by atoms with van der Waals surface area (Å²) in [7, 11) is 0. The lowest BCUT2D eigenvalue weighted by atomic mass is 10.2. The van der Waals surface area contributed by atoms with E-state index in [0.29, 0.717) is 18.1 Å². The third-order valence-electron chi connectivity index (χ3n) is 4.12. The third-order valence-corrected chi connectivity index (χ3v) is 4.93. The number of benzene rings is 1. The second-order valence-corrected chi connectivity index (χ2v) is 7.21. The Morgan fingerprint density at radius 1 is 0.897 bits per heavy atom. The number of thiophene rings is 1. The van der Waals surface area contributed by atoms with Gasteiger partial charge in [-0.1, -0.05) is 36.4 Å². The van der Waals surface area contributed by atoms with Gasteiger partial charge in [0.25, 0.3) is 11.1 Å². The average Bonchev–Trinajstić information content (AvgIpc) is 3.25. The van der Waals surface area contributed by atoms with Crippen molar-refractivity contribution >= 4 is 23.5 Å². The summed E-state index contributed by atoms with van der Waals surface area (Å²) in [5.74, 6) is 0.620. The molecule has 0 aliphatic carbocycles. The minimum absolute atomic E-state index is 0.142. The van der Waals surface area contributed by atoms with Gasteiger partial charge >= 0.3 is 0 Å². The van der Waals surface area contributed by atoms with Gasteiger partial charge in [-0.2, -0.15) is 0 Å². The third kappa shape index (κ3) is 4.77. The standard InChI is InChI=1S/C22H17N3O3S/c26-21-19(24-22(27)20(25-21)12-18-7-4-10-29-18)11-16-8-9-17(13-23-16)28-14-15-5-2-1-3-6-15/h1-13H,14H2,(H,24,27)(H,25,26)/b19-11+,20-12-. The van der Waals surface area contributed by atoms with Gasteiger partial charge in [-0.25, -0.2) is 0 Å². The van der Waals surface area contributed by atoms with Gasteiger partial charge in [0, 0.05) is 4.88 Å². The predicted octanol–water partition coefficient (Wildman–Crippen LogP) is 1.76. The molecule has 2 N–H and O–H groups in total. The summed E-state index contributed by atoms with van der Waals surface area (Å²) in [6.07, 6.45) is 4.75. The van der Waals surface area contributed by atoms with Gasteiger partial charge < -0.3 is 14.7 Å². The van der Waals surface area contributed by atoms with Crippen molar-refractivity contribution in [2.75, 3.05) is 0 Å². The Kier molecular flexibility index (Phi) is 5.49. The van der Waals surface area contributed by atoms with Crippen molar-refractivity contribution in [2.24, 2.45) is 0 Å². The van der Waals surface area contributed by atoms with E-state index >= 15 is 0 Å². The predicted molar refractivity (Wildman–Crippen MR) is 113 cm³/mol. The van der Waals surface area contributed by atoms with E-state index in [4.69, 9.17) is 4.74 Å². The molecule has 0 spiro atoms. The minimum atomic E-state index is -0.390. The van der Waals surface area contributed by atoms with Crippen molar-refractivity contribution in [2.45, 2.75) is 6.61 Å². The first-order valence-corrected chi connectivity index (χ1v) is 9.78. The largest absolute Gasteiger partial charge is 0.487 e. The van der Waals surface area contributed by atoms with Crippen LogP contribution in [0.3, 0.4) is 0 Å². The number of nitrogens with zero attached hydrogens (tertiary/aromatic N) is 1. The van der Waals surface area contributed by atoms with Crippen LogP contribution in [-0.4, -0.2) is 15.0 Å². The normalized spacial score (nSPS) is 12.3. The highest BCUT2D eigenvalue weighted by Crippen LogP contribution is 2.12. The number of H-pyrrole nitrogens is 2. The zero-order valence-corrected chi connectivity index (χ0v) is 16.1. The second-order valence-electron chi connectivity index (χ2n) is 6.23. The van der Waals surface area contributed by atoms with Gasteiger partial charge in [0.1, 0.15) is 23.1 Å². The lowest BCUT2D eigenvalue weighted by Gasteiger charge is -2.05. The molecule has 7 heteroatoms. The number of hydrogen-bond acceptors (Lipinski definition) is 5. The SMILES string of the molecule is O=c1[nH]/c(=C/c2ccc(OCc3ccccc3)cn2)c(=O)[nH]/c1=C\c1cccs1. The van der Waals surface area contributed by atoms with Crippen LogP contribution in [0.25, 0.3) is 12.2 Å². The van der Waals surface area contributed by atoms with Crippen molar-refractivity contribution in [3.63, 3.8) is 0 Å². The van der Waals surface area contributed by atoms with E-state index in [1.165, 1.54) is 17.4 Å². The summed E-state index contributed by atoms with van der Waals surface area (Å²) in [6.45, 7) is 0.445. The van der Waals surface area contributed by atoms with Crippen LogP contribution in [0.2, 0.25) is 0 Å². The molecule has 144 valence electrons. The van der Waals surface area contributed by atoms with E-state index in [9.17, 15) is 9.59 Å². The number of aromatic nitrogens is 3. The van der Waals surface area contributed by atoms with Gasteiger partial charge in [-0.15, -0.1) is 11.3 Å². The van der Waals surface area contributed by atoms with Crippen molar-refractivity contribution in [3.05, 3.63) is 114 Å². The molecule has 0 fully saturated rings. The van der Waals surface area contributed by atoms with Crippen LogP contribution in [0.15, 0.2) is 75.8 Å². The van der Waals surface area contributed by atoms with Crippen LogP contribution in [0, 0.1) is 0 Å².